The smallest absolute Gasteiger partial charge is 0.256 e. The Morgan fingerprint density at radius 2 is 1.72 bits per heavy atom. The van der Waals surface area contributed by atoms with Crippen LogP contribution in [0.2, 0.25) is 0 Å². The van der Waals surface area contributed by atoms with E-state index < -0.39 is 6.04 Å². The van der Waals surface area contributed by atoms with E-state index in [0.29, 0.717) is 21.9 Å². The summed E-state index contributed by atoms with van der Waals surface area (Å²) in [5.41, 5.74) is 3.95. The SMILES string of the molecule is Cc1ccnc(N[C@H](c2ccccc2F)c2c(NC(=O)c3ccccc3)sc(C)c2C)c1. The molecule has 0 saturated carbocycles. The van der Waals surface area contributed by atoms with E-state index in [4.69, 9.17) is 0 Å². The first-order chi connectivity index (χ1) is 15.4. The summed E-state index contributed by atoms with van der Waals surface area (Å²) >= 11 is 1.49. The Bertz CT molecular complexity index is 1250. The molecule has 4 aromatic rings. The van der Waals surface area contributed by atoms with Crippen LogP contribution in [0.15, 0.2) is 72.9 Å². The number of halogens is 1. The van der Waals surface area contributed by atoms with Crippen molar-refractivity contribution in [1.82, 2.24) is 4.98 Å². The number of aryl methyl sites for hydroxylation is 2. The lowest BCUT2D eigenvalue weighted by Crippen LogP contribution is -2.19. The van der Waals surface area contributed by atoms with Crippen LogP contribution in [0.5, 0.6) is 0 Å². The Morgan fingerprint density at radius 1 is 1.00 bits per heavy atom. The third-order valence-corrected chi connectivity index (χ3v) is 6.55. The third-order valence-electron chi connectivity index (χ3n) is 5.41. The second kappa shape index (κ2) is 9.32. The fourth-order valence-corrected chi connectivity index (χ4v) is 4.72. The summed E-state index contributed by atoms with van der Waals surface area (Å²) in [5, 5.41) is 7.15. The summed E-state index contributed by atoms with van der Waals surface area (Å²) in [6.07, 6.45) is 1.72. The molecule has 0 saturated heterocycles. The number of amides is 1. The van der Waals surface area contributed by atoms with Gasteiger partial charge in [-0.3, -0.25) is 4.79 Å². The van der Waals surface area contributed by atoms with Crippen LogP contribution in [0, 0.1) is 26.6 Å². The van der Waals surface area contributed by atoms with E-state index in [1.165, 1.54) is 17.4 Å². The summed E-state index contributed by atoms with van der Waals surface area (Å²) in [7, 11) is 0. The lowest BCUT2D eigenvalue weighted by atomic mass is 9.95. The normalized spacial score (nSPS) is 11.8. The summed E-state index contributed by atoms with van der Waals surface area (Å²) in [6, 6.07) is 19.1. The maximum Gasteiger partial charge on any atom is 0.256 e. The van der Waals surface area contributed by atoms with Crippen molar-refractivity contribution in [2.45, 2.75) is 26.8 Å². The second-order valence-electron chi connectivity index (χ2n) is 7.66. The fourth-order valence-electron chi connectivity index (χ4n) is 3.63. The molecule has 6 heteroatoms. The highest BCUT2D eigenvalue weighted by Gasteiger charge is 2.27. The molecule has 0 fully saturated rings. The van der Waals surface area contributed by atoms with Crippen LogP contribution in [-0.4, -0.2) is 10.9 Å². The number of pyridine rings is 1. The molecule has 2 aromatic heterocycles. The molecule has 32 heavy (non-hydrogen) atoms. The molecule has 2 aromatic carbocycles. The van der Waals surface area contributed by atoms with Gasteiger partial charge in [-0.05, 0) is 62.2 Å². The molecule has 0 aliphatic rings. The number of nitrogens with zero attached hydrogens (tertiary/aromatic N) is 1. The largest absolute Gasteiger partial charge is 0.359 e. The van der Waals surface area contributed by atoms with Gasteiger partial charge in [-0.2, -0.15) is 0 Å². The van der Waals surface area contributed by atoms with Crippen molar-refractivity contribution in [1.29, 1.82) is 0 Å². The number of thiophene rings is 1. The van der Waals surface area contributed by atoms with Crippen LogP contribution in [0.4, 0.5) is 15.2 Å². The molecule has 0 bridgehead atoms. The quantitative estimate of drug-likeness (QED) is 0.349. The molecule has 1 amide bonds. The van der Waals surface area contributed by atoms with Gasteiger partial charge in [0.25, 0.3) is 5.91 Å². The van der Waals surface area contributed by atoms with E-state index in [9.17, 15) is 9.18 Å². The number of anilines is 2. The highest BCUT2D eigenvalue weighted by molar-refractivity contribution is 7.16. The first-order valence-corrected chi connectivity index (χ1v) is 11.2. The standard InChI is InChI=1S/C26H24FN3OS/c1-16-13-14-28-22(15-16)29-24(20-11-7-8-12-21(20)27)23-17(2)18(3)32-26(23)30-25(31)19-9-5-4-6-10-19/h4-15,24H,1-3H3,(H,28,29)(H,30,31)/t24-/m1/s1. The van der Waals surface area contributed by atoms with Gasteiger partial charge < -0.3 is 10.6 Å². The number of aromatic nitrogens is 1. The van der Waals surface area contributed by atoms with Crippen LogP contribution in [0.25, 0.3) is 0 Å². The third kappa shape index (κ3) is 4.55. The molecule has 4 rings (SSSR count). The van der Waals surface area contributed by atoms with Crippen LogP contribution in [-0.2, 0) is 0 Å². The van der Waals surface area contributed by atoms with Crippen molar-refractivity contribution in [3.05, 3.63) is 111 Å². The van der Waals surface area contributed by atoms with Gasteiger partial charge in [0.2, 0.25) is 0 Å². The zero-order valence-corrected chi connectivity index (χ0v) is 19.0. The highest BCUT2D eigenvalue weighted by atomic mass is 32.1. The van der Waals surface area contributed by atoms with E-state index in [0.717, 1.165) is 21.6 Å². The van der Waals surface area contributed by atoms with E-state index in [-0.39, 0.29) is 11.7 Å². The number of benzene rings is 2. The Labute approximate surface area is 191 Å². The number of rotatable bonds is 6. The van der Waals surface area contributed by atoms with Crippen LogP contribution >= 0.6 is 11.3 Å². The molecule has 0 radical (unpaired) electrons. The predicted octanol–water partition coefficient (Wildman–Crippen LogP) is 6.66. The minimum atomic E-state index is -0.526. The minimum absolute atomic E-state index is 0.200. The van der Waals surface area contributed by atoms with Crippen molar-refractivity contribution < 1.29 is 9.18 Å². The maximum absolute atomic E-state index is 15.0. The van der Waals surface area contributed by atoms with Crippen LogP contribution < -0.4 is 10.6 Å². The Balaban J connectivity index is 1.80. The Hall–Kier alpha value is -3.51. The van der Waals surface area contributed by atoms with Crippen molar-refractivity contribution in [3.8, 4) is 0 Å². The fraction of sp³-hybridized carbons (Fsp3) is 0.154. The van der Waals surface area contributed by atoms with Crippen molar-refractivity contribution in [2.24, 2.45) is 0 Å². The molecule has 1 atom stereocenters. The van der Waals surface area contributed by atoms with E-state index in [1.807, 2.05) is 57.2 Å². The lowest BCUT2D eigenvalue weighted by Gasteiger charge is -2.23. The van der Waals surface area contributed by atoms with E-state index >= 15 is 0 Å². The second-order valence-corrected chi connectivity index (χ2v) is 8.89. The average molecular weight is 446 g/mol. The maximum atomic E-state index is 15.0. The predicted molar refractivity (Wildman–Crippen MR) is 129 cm³/mol. The number of hydrogen-bond acceptors (Lipinski definition) is 4. The van der Waals surface area contributed by atoms with Gasteiger partial charge in [-0.1, -0.05) is 36.4 Å². The molecule has 2 N–H and O–H groups in total. The number of nitrogens with one attached hydrogen (secondary N) is 2. The summed E-state index contributed by atoms with van der Waals surface area (Å²) < 4.78 is 15.0. The van der Waals surface area contributed by atoms with E-state index in [2.05, 4.69) is 15.6 Å². The Kier molecular flexibility index (Phi) is 6.32. The highest BCUT2D eigenvalue weighted by Crippen LogP contribution is 2.41. The molecular weight excluding hydrogens is 421 g/mol. The van der Waals surface area contributed by atoms with Crippen molar-refractivity contribution in [3.63, 3.8) is 0 Å². The van der Waals surface area contributed by atoms with Crippen molar-refractivity contribution in [2.75, 3.05) is 10.6 Å². The molecule has 0 unspecified atom stereocenters. The monoisotopic (exact) mass is 445 g/mol. The van der Waals surface area contributed by atoms with Crippen LogP contribution in [0.1, 0.15) is 43.5 Å². The molecular formula is C26H24FN3OS. The van der Waals surface area contributed by atoms with Gasteiger partial charge in [0, 0.05) is 27.8 Å². The zero-order valence-electron chi connectivity index (χ0n) is 18.1. The number of carbonyl (C=O) groups excluding carboxylic acids is 1. The molecule has 0 aliphatic heterocycles. The topological polar surface area (TPSA) is 54.0 Å². The first-order valence-electron chi connectivity index (χ1n) is 10.3. The molecule has 4 nitrogen and oxygen atoms in total. The Morgan fingerprint density at radius 3 is 2.44 bits per heavy atom. The van der Waals surface area contributed by atoms with Gasteiger partial charge in [0.15, 0.2) is 0 Å². The molecule has 162 valence electrons. The van der Waals surface area contributed by atoms with Gasteiger partial charge in [-0.15, -0.1) is 11.3 Å². The minimum Gasteiger partial charge on any atom is -0.359 e. The van der Waals surface area contributed by atoms with Gasteiger partial charge >= 0.3 is 0 Å². The zero-order chi connectivity index (χ0) is 22.7. The number of hydrogen-bond donors (Lipinski definition) is 2. The summed E-state index contributed by atoms with van der Waals surface area (Å²) in [4.78, 5) is 18.4. The molecule has 0 spiro atoms. The summed E-state index contributed by atoms with van der Waals surface area (Å²) in [6.45, 7) is 5.99. The van der Waals surface area contributed by atoms with Crippen molar-refractivity contribution >= 4 is 28.1 Å². The van der Waals surface area contributed by atoms with Gasteiger partial charge in [-0.25, -0.2) is 9.37 Å². The average Bonchev–Trinajstić information content (AvgIpc) is 3.06. The van der Waals surface area contributed by atoms with E-state index in [1.54, 1.807) is 30.5 Å². The van der Waals surface area contributed by atoms with Gasteiger partial charge in [0.1, 0.15) is 16.6 Å². The van der Waals surface area contributed by atoms with Crippen LogP contribution in [0.3, 0.4) is 0 Å². The molecule has 2 heterocycles. The lowest BCUT2D eigenvalue weighted by molar-refractivity contribution is 0.102. The summed E-state index contributed by atoms with van der Waals surface area (Å²) in [5.74, 6) is 0.122. The number of carbonyl (C=O) groups is 1. The van der Waals surface area contributed by atoms with Gasteiger partial charge in [0.05, 0.1) is 6.04 Å². The molecule has 0 aliphatic carbocycles. The first kappa shape index (κ1) is 21.7.